The lowest BCUT2D eigenvalue weighted by Gasteiger charge is -2.42. The van der Waals surface area contributed by atoms with Crippen molar-refractivity contribution >= 4 is 22.9 Å². The largest absolute Gasteiger partial charge is 0.351 e. The van der Waals surface area contributed by atoms with Gasteiger partial charge in [-0.05, 0) is 70.7 Å². The number of piperidine rings is 3. The molecule has 178 valence electrons. The van der Waals surface area contributed by atoms with Crippen LogP contribution in [0.15, 0.2) is 23.1 Å². The highest BCUT2D eigenvalue weighted by atomic mass is 16.2. The van der Waals surface area contributed by atoms with Crippen molar-refractivity contribution in [3.63, 3.8) is 0 Å². The molecule has 1 unspecified atom stereocenters. The number of anilines is 1. The number of aryl methyl sites for hydroxylation is 1. The summed E-state index contributed by atoms with van der Waals surface area (Å²) in [5.74, 6) is 0.653. The first-order valence-corrected chi connectivity index (χ1v) is 12.8. The van der Waals surface area contributed by atoms with Crippen LogP contribution in [-0.2, 0) is 11.3 Å². The highest BCUT2D eigenvalue weighted by Crippen LogP contribution is 2.26. The van der Waals surface area contributed by atoms with Gasteiger partial charge in [0.1, 0.15) is 5.52 Å². The number of carbonyl (C=O) groups is 1. The van der Waals surface area contributed by atoms with Gasteiger partial charge in [0, 0.05) is 45.0 Å². The molecule has 3 fully saturated rings. The van der Waals surface area contributed by atoms with Crippen LogP contribution in [0.4, 0.5) is 5.82 Å². The Hall–Kier alpha value is -2.48. The maximum Gasteiger partial charge on any atom is 0.295 e. The number of pyridine rings is 1. The highest BCUT2D eigenvalue weighted by Gasteiger charge is 2.34. The van der Waals surface area contributed by atoms with Crippen molar-refractivity contribution in [3.05, 3.63) is 28.7 Å². The Morgan fingerprint density at radius 3 is 2.58 bits per heavy atom. The van der Waals surface area contributed by atoms with Gasteiger partial charge in [-0.15, -0.1) is 0 Å². The molecule has 0 bridgehead atoms. The predicted molar refractivity (Wildman–Crippen MR) is 129 cm³/mol. The summed E-state index contributed by atoms with van der Waals surface area (Å²) in [6.45, 7) is 8.00. The van der Waals surface area contributed by atoms with Crippen LogP contribution in [-0.4, -0.2) is 75.6 Å². The van der Waals surface area contributed by atoms with Crippen molar-refractivity contribution in [1.29, 1.82) is 0 Å². The number of carbonyl (C=O) groups excluding carboxylic acids is 1. The van der Waals surface area contributed by atoms with Crippen LogP contribution in [0.5, 0.6) is 0 Å². The Labute approximate surface area is 195 Å². The summed E-state index contributed by atoms with van der Waals surface area (Å²) >= 11 is 0. The third kappa shape index (κ3) is 4.50. The highest BCUT2D eigenvalue weighted by molar-refractivity contribution is 5.80. The van der Waals surface area contributed by atoms with Crippen molar-refractivity contribution in [3.8, 4) is 0 Å². The Kier molecular flexibility index (Phi) is 6.62. The van der Waals surface area contributed by atoms with E-state index in [-0.39, 0.29) is 17.4 Å². The van der Waals surface area contributed by atoms with Gasteiger partial charge in [0.15, 0.2) is 11.5 Å². The molecule has 0 aliphatic carbocycles. The second kappa shape index (κ2) is 9.79. The average Bonchev–Trinajstić information content (AvgIpc) is 2.88. The molecule has 5 heterocycles. The molecule has 8 heteroatoms. The lowest BCUT2D eigenvalue weighted by Crippen LogP contribution is -2.51. The van der Waals surface area contributed by atoms with Crippen LogP contribution in [0.25, 0.3) is 11.2 Å². The topological polar surface area (TPSA) is 74.6 Å². The first kappa shape index (κ1) is 22.3. The van der Waals surface area contributed by atoms with E-state index in [2.05, 4.69) is 19.8 Å². The van der Waals surface area contributed by atoms with Gasteiger partial charge >= 0.3 is 0 Å². The van der Waals surface area contributed by atoms with Crippen molar-refractivity contribution in [2.45, 2.75) is 64.5 Å². The molecule has 0 saturated carbocycles. The molecule has 0 N–H and O–H groups in total. The minimum Gasteiger partial charge on any atom is -0.351 e. The minimum absolute atomic E-state index is 0.0637. The third-order valence-electron chi connectivity index (χ3n) is 7.75. The molecule has 0 aromatic carbocycles. The first-order chi connectivity index (χ1) is 16.2. The molecule has 3 aliphatic rings. The summed E-state index contributed by atoms with van der Waals surface area (Å²) in [6, 6.07) is 4.39. The van der Waals surface area contributed by atoms with E-state index in [9.17, 15) is 9.59 Å². The molecular formula is C25H36N6O2. The van der Waals surface area contributed by atoms with Gasteiger partial charge in [0.25, 0.3) is 5.56 Å². The van der Waals surface area contributed by atoms with E-state index in [4.69, 9.17) is 0 Å². The van der Waals surface area contributed by atoms with Crippen molar-refractivity contribution in [2.24, 2.45) is 5.92 Å². The summed E-state index contributed by atoms with van der Waals surface area (Å²) in [5, 5.41) is 0. The SMILES string of the molecule is CCn1c(=O)c(N2CCCC(C(=O)N3CCC(N4CCCCC4)CC3)C2)nc2cccnc21. The molecular weight excluding hydrogens is 416 g/mol. The number of hydrogen-bond donors (Lipinski definition) is 0. The monoisotopic (exact) mass is 452 g/mol. The van der Waals surface area contributed by atoms with E-state index in [1.807, 2.05) is 24.0 Å². The second-order valence-electron chi connectivity index (χ2n) is 9.77. The van der Waals surface area contributed by atoms with E-state index in [0.29, 0.717) is 30.6 Å². The first-order valence-electron chi connectivity index (χ1n) is 12.8. The van der Waals surface area contributed by atoms with Crippen LogP contribution < -0.4 is 10.5 Å². The van der Waals surface area contributed by atoms with Gasteiger partial charge < -0.3 is 14.7 Å². The van der Waals surface area contributed by atoms with Crippen LogP contribution in [0, 0.1) is 5.92 Å². The fraction of sp³-hybridized carbons (Fsp3) is 0.680. The summed E-state index contributed by atoms with van der Waals surface area (Å²) < 4.78 is 1.69. The van der Waals surface area contributed by atoms with Gasteiger partial charge in [0.05, 0.1) is 5.92 Å². The van der Waals surface area contributed by atoms with Crippen LogP contribution >= 0.6 is 0 Å². The second-order valence-corrected chi connectivity index (χ2v) is 9.77. The zero-order valence-corrected chi connectivity index (χ0v) is 19.8. The fourth-order valence-corrected chi connectivity index (χ4v) is 5.93. The molecule has 0 spiro atoms. The number of nitrogens with zero attached hydrogens (tertiary/aromatic N) is 6. The molecule has 3 aliphatic heterocycles. The van der Waals surface area contributed by atoms with E-state index in [0.717, 1.165) is 50.8 Å². The summed E-state index contributed by atoms with van der Waals surface area (Å²) in [5.41, 5.74) is 1.23. The van der Waals surface area contributed by atoms with E-state index in [1.165, 1.54) is 32.4 Å². The van der Waals surface area contributed by atoms with Gasteiger partial charge in [-0.2, -0.15) is 0 Å². The fourth-order valence-electron chi connectivity index (χ4n) is 5.93. The van der Waals surface area contributed by atoms with Gasteiger partial charge in [0.2, 0.25) is 5.91 Å². The average molecular weight is 453 g/mol. The quantitative estimate of drug-likeness (QED) is 0.710. The minimum atomic E-state index is -0.112. The van der Waals surface area contributed by atoms with Crippen molar-refractivity contribution in [2.75, 3.05) is 44.2 Å². The maximum atomic E-state index is 13.4. The molecule has 33 heavy (non-hydrogen) atoms. The molecule has 2 aromatic rings. The summed E-state index contributed by atoms with van der Waals surface area (Å²) in [6.07, 6.45) is 9.64. The van der Waals surface area contributed by atoms with Crippen LogP contribution in [0.1, 0.15) is 51.9 Å². The Morgan fingerprint density at radius 1 is 1.03 bits per heavy atom. The van der Waals surface area contributed by atoms with Gasteiger partial charge in [-0.25, -0.2) is 9.97 Å². The third-order valence-corrected chi connectivity index (χ3v) is 7.75. The summed E-state index contributed by atoms with van der Waals surface area (Å²) in [7, 11) is 0. The molecule has 2 aromatic heterocycles. The van der Waals surface area contributed by atoms with Crippen LogP contribution in [0.3, 0.4) is 0 Å². The number of rotatable bonds is 4. The maximum absolute atomic E-state index is 13.4. The number of likely N-dealkylation sites (tertiary alicyclic amines) is 2. The van der Waals surface area contributed by atoms with Gasteiger partial charge in [-0.3, -0.25) is 14.2 Å². The zero-order chi connectivity index (χ0) is 22.8. The lowest BCUT2D eigenvalue weighted by molar-refractivity contribution is -0.137. The number of aromatic nitrogens is 3. The van der Waals surface area contributed by atoms with E-state index in [1.54, 1.807) is 10.8 Å². The molecule has 8 nitrogen and oxygen atoms in total. The van der Waals surface area contributed by atoms with Crippen molar-refractivity contribution < 1.29 is 4.79 Å². The Bertz CT molecular complexity index is 1040. The number of amides is 1. The number of hydrogen-bond acceptors (Lipinski definition) is 6. The summed E-state index contributed by atoms with van der Waals surface area (Å²) in [4.78, 5) is 42.4. The molecule has 1 amide bonds. The van der Waals surface area contributed by atoms with E-state index >= 15 is 0 Å². The lowest BCUT2D eigenvalue weighted by atomic mass is 9.94. The van der Waals surface area contributed by atoms with E-state index < -0.39 is 0 Å². The standard InChI is InChI=1S/C25H36N6O2/c1-2-31-22-21(9-6-12-26-22)27-23(25(31)33)30-15-7-8-19(18-30)24(32)29-16-10-20(11-17-29)28-13-4-3-5-14-28/h6,9,12,19-20H,2-5,7-8,10-11,13-18H2,1H3. The normalized spacial score (nSPS) is 23.2. The predicted octanol–water partition coefficient (Wildman–Crippen LogP) is 2.50. The zero-order valence-electron chi connectivity index (χ0n) is 19.8. The molecule has 5 rings (SSSR count). The van der Waals surface area contributed by atoms with Crippen molar-refractivity contribution in [1.82, 2.24) is 24.3 Å². The number of fused-ring (bicyclic) bond motifs is 1. The Balaban J connectivity index is 1.27. The molecule has 1 atom stereocenters. The smallest absolute Gasteiger partial charge is 0.295 e. The Morgan fingerprint density at radius 2 is 1.82 bits per heavy atom. The van der Waals surface area contributed by atoms with Gasteiger partial charge in [-0.1, -0.05) is 6.42 Å². The van der Waals surface area contributed by atoms with Crippen LogP contribution in [0.2, 0.25) is 0 Å². The molecule has 0 radical (unpaired) electrons. The molecule has 3 saturated heterocycles.